The molecule has 1 N–H and O–H groups in total. The second-order valence-corrected chi connectivity index (χ2v) is 8.60. The Kier molecular flexibility index (Phi) is 6.55. The van der Waals surface area contributed by atoms with Crippen LogP contribution in [0.25, 0.3) is 16.6 Å². The van der Waals surface area contributed by atoms with E-state index in [0.717, 1.165) is 27.7 Å². The van der Waals surface area contributed by atoms with Crippen molar-refractivity contribution in [3.63, 3.8) is 0 Å². The van der Waals surface area contributed by atoms with E-state index in [1.165, 1.54) is 6.33 Å². The maximum absolute atomic E-state index is 13.3. The first-order valence-electron chi connectivity index (χ1n) is 12.0. The Hall–Kier alpha value is -4.72. The van der Waals surface area contributed by atoms with E-state index in [2.05, 4.69) is 20.4 Å². The van der Waals surface area contributed by atoms with Crippen molar-refractivity contribution in [1.82, 2.24) is 19.7 Å². The van der Waals surface area contributed by atoms with Crippen LogP contribution < -0.4 is 14.8 Å². The Labute approximate surface area is 214 Å². The summed E-state index contributed by atoms with van der Waals surface area (Å²) in [5, 5.41) is 9.33. The Bertz CT molecular complexity index is 1590. The molecule has 8 nitrogen and oxygen atoms in total. The van der Waals surface area contributed by atoms with Gasteiger partial charge in [0.1, 0.15) is 17.8 Å². The highest BCUT2D eigenvalue weighted by molar-refractivity contribution is 6.15. The third kappa shape index (κ3) is 4.86. The van der Waals surface area contributed by atoms with Crippen LogP contribution in [-0.4, -0.2) is 32.3 Å². The van der Waals surface area contributed by atoms with E-state index < -0.39 is 0 Å². The fourth-order valence-corrected chi connectivity index (χ4v) is 4.13. The molecule has 1 amide bonds. The number of rotatable bonds is 7. The van der Waals surface area contributed by atoms with Crippen molar-refractivity contribution >= 4 is 22.4 Å². The predicted molar refractivity (Wildman–Crippen MR) is 143 cm³/mol. The Balaban J connectivity index is 1.34. The molecule has 0 aliphatic heterocycles. The van der Waals surface area contributed by atoms with Crippen LogP contribution in [0.5, 0.6) is 17.4 Å². The van der Waals surface area contributed by atoms with Crippen molar-refractivity contribution in [2.75, 3.05) is 11.9 Å². The number of ether oxygens (including phenoxy) is 2. The van der Waals surface area contributed by atoms with E-state index in [9.17, 15) is 4.79 Å². The number of anilines is 1. The minimum atomic E-state index is -0.241. The lowest BCUT2D eigenvalue weighted by Gasteiger charge is -2.14. The van der Waals surface area contributed by atoms with Gasteiger partial charge < -0.3 is 14.8 Å². The molecule has 186 valence electrons. The molecule has 0 spiro atoms. The van der Waals surface area contributed by atoms with Crippen LogP contribution in [0.3, 0.4) is 0 Å². The Morgan fingerprint density at radius 3 is 2.49 bits per heavy atom. The summed E-state index contributed by atoms with van der Waals surface area (Å²) in [6.07, 6.45) is 1.45. The minimum Gasteiger partial charge on any atom is -0.493 e. The van der Waals surface area contributed by atoms with Gasteiger partial charge in [-0.05, 0) is 74.4 Å². The second-order valence-electron chi connectivity index (χ2n) is 8.60. The van der Waals surface area contributed by atoms with Crippen LogP contribution in [0.4, 0.5) is 5.69 Å². The molecule has 0 unspecified atom stereocenters. The molecular formula is C29H27N5O3. The fraction of sp³-hybridized carbons (Fsp3) is 0.172. The fourth-order valence-electron chi connectivity index (χ4n) is 4.13. The summed E-state index contributed by atoms with van der Waals surface area (Å²) in [5.74, 6) is 1.91. The zero-order chi connectivity index (χ0) is 25.9. The summed E-state index contributed by atoms with van der Waals surface area (Å²) in [4.78, 5) is 21.8. The molecule has 2 aromatic heterocycles. The van der Waals surface area contributed by atoms with Crippen LogP contribution in [0.1, 0.15) is 34.2 Å². The maximum atomic E-state index is 13.3. The molecule has 0 aliphatic rings. The molecule has 8 heteroatoms. The first kappa shape index (κ1) is 24.0. The van der Waals surface area contributed by atoms with Gasteiger partial charge in [-0.1, -0.05) is 30.3 Å². The van der Waals surface area contributed by atoms with E-state index in [0.29, 0.717) is 41.1 Å². The average Bonchev–Trinajstić information content (AvgIpc) is 3.17. The van der Waals surface area contributed by atoms with Crippen molar-refractivity contribution in [3.8, 4) is 23.2 Å². The van der Waals surface area contributed by atoms with Gasteiger partial charge in [-0.3, -0.25) is 4.79 Å². The molecule has 0 saturated heterocycles. The van der Waals surface area contributed by atoms with E-state index in [4.69, 9.17) is 9.47 Å². The summed E-state index contributed by atoms with van der Waals surface area (Å²) in [6.45, 7) is 8.37. The lowest BCUT2D eigenvalue weighted by Crippen LogP contribution is -2.14. The van der Waals surface area contributed by atoms with Crippen LogP contribution in [0.2, 0.25) is 0 Å². The Morgan fingerprint density at radius 1 is 0.973 bits per heavy atom. The molecule has 0 bridgehead atoms. The molecule has 37 heavy (non-hydrogen) atoms. The zero-order valence-corrected chi connectivity index (χ0v) is 21.1. The molecule has 0 saturated carbocycles. The highest BCUT2D eigenvalue weighted by Crippen LogP contribution is 2.30. The number of fused-ring (bicyclic) bond motifs is 1. The van der Waals surface area contributed by atoms with Gasteiger partial charge in [0.25, 0.3) is 5.91 Å². The van der Waals surface area contributed by atoms with E-state index in [1.54, 1.807) is 35.0 Å². The number of hydrogen-bond acceptors (Lipinski definition) is 6. The number of carbonyl (C=O) groups is 1. The van der Waals surface area contributed by atoms with Gasteiger partial charge in [-0.25, -0.2) is 14.6 Å². The van der Waals surface area contributed by atoms with Crippen molar-refractivity contribution in [1.29, 1.82) is 0 Å². The summed E-state index contributed by atoms with van der Waals surface area (Å²) in [5.41, 5.74) is 4.23. The normalized spacial score (nSPS) is 10.9. The largest absolute Gasteiger partial charge is 0.493 e. The van der Waals surface area contributed by atoms with E-state index in [-0.39, 0.29) is 5.91 Å². The quantitative estimate of drug-likeness (QED) is 0.291. The molecule has 3 aromatic carbocycles. The van der Waals surface area contributed by atoms with E-state index in [1.807, 2.05) is 64.1 Å². The predicted octanol–water partition coefficient (Wildman–Crippen LogP) is 6.18. The topological polar surface area (TPSA) is 91.2 Å². The van der Waals surface area contributed by atoms with Gasteiger partial charge in [0, 0.05) is 17.4 Å². The summed E-state index contributed by atoms with van der Waals surface area (Å²) < 4.78 is 13.5. The number of nitrogens with zero attached hydrogens (tertiary/aromatic N) is 4. The van der Waals surface area contributed by atoms with Gasteiger partial charge >= 0.3 is 0 Å². The summed E-state index contributed by atoms with van der Waals surface area (Å²) >= 11 is 0. The van der Waals surface area contributed by atoms with Crippen LogP contribution >= 0.6 is 0 Å². The first-order chi connectivity index (χ1) is 17.9. The zero-order valence-electron chi connectivity index (χ0n) is 21.1. The van der Waals surface area contributed by atoms with Gasteiger partial charge in [0.15, 0.2) is 5.82 Å². The molecular weight excluding hydrogens is 466 g/mol. The number of hydrogen-bond donors (Lipinski definition) is 1. The number of benzene rings is 3. The molecule has 2 heterocycles. The third-order valence-electron chi connectivity index (χ3n) is 6.25. The molecule has 0 fully saturated rings. The number of carbonyl (C=O) groups excluding carboxylic acids is 1. The molecule has 0 radical (unpaired) electrons. The van der Waals surface area contributed by atoms with Crippen molar-refractivity contribution < 1.29 is 14.3 Å². The van der Waals surface area contributed by atoms with Crippen molar-refractivity contribution in [2.45, 2.75) is 27.7 Å². The van der Waals surface area contributed by atoms with Gasteiger partial charge in [-0.15, -0.1) is 0 Å². The van der Waals surface area contributed by atoms with Crippen molar-refractivity contribution in [2.24, 2.45) is 0 Å². The van der Waals surface area contributed by atoms with E-state index >= 15 is 0 Å². The average molecular weight is 494 g/mol. The molecule has 0 aliphatic carbocycles. The minimum absolute atomic E-state index is 0.241. The lowest BCUT2D eigenvalue weighted by atomic mass is 10.0. The number of amides is 1. The Morgan fingerprint density at radius 2 is 1.76 bits per heavy atom. The molecule has 5 aromatic rings. The van der Waals surface area contributed by atoms with Crippen LogP contribution in [-0.2, 0) is 0 Å². The summed E-state index contributed by atoms with van der Waals surface area (Å²) in [7, 11) is 0. The third-order valence-corrected chi connectivity index (χ3v) is 6.25. The van der Waals surface area contributed by atoms with Crippen LogP contribution in [0.15, 0.2) is 73.1 Å². The van der Waals surface area contributed by atoms with Gasteiger partial charge in [0.2, 0.25) is 5.88 Å². The number of aryl methyl sites for hydroxylation is 1. The highest BCUT2D eigenvalue weighted by atomic mass is 16.5. The molecule has 5 rings (SSSR count). The van der Waals surface area contributed by atoms with Crippen LogP contribution in [0, 0.1) is 20.8 Å². The number of aromatic nitrogens is 4. The second kappa shape index (κ2) is 10.1. The SMILES string of the molecule is CCOc1ccc2ccccc2c1C(=O)Nc1ccc(Oc2cc(-n3nc(C)c(C)c3C)ncn2)cc1. The number of nitrogens with one attached hydrogen (secondary N) is 1. The van der Waals surface area contributed by atoms with Gasteiger partial charge in [-0.2, -0.15) is 5.10 Å². The standard InChI is InChI=1S/C29H27N5O3/c1-5-36-25-15-10-21-8-6-7-9-24(21)28(25)29(35)32-22-11-13-23(14-12-22)37-27-16-26(30-17-31-27)34-20(4)18(2)19(3)33-34/h6-17H,5H2,1-4H3,(H,32,35). The molecule has 0 atom stereocenters. The van der Waals surface area contributed by atoms with Crippen molar-refractivity contribution in [3.05, 3.63) is 95.6 Å². The lowest BCUT2D eigenvalue weighted by molar-refractivity contribution is 0.102. The summed E-state index contributed by atoms with van der Waals surface area (Å²) in [6, 6.07) is 20.4. The highest BCUT2D eigenvalue weighted by Gasteiger charge is 2.17. The smallest absolute Gasteiger partial charge is 0.260 e. The van der Waals surface area contributed by atoms with Gasteiger partial charge in [0.05, 0.1) is 17.9 Å². The maximum Gasteiger partial charge on any atom is 0.260 e. The monoisotopic (exact) mass is 493 g/mol. The first-order valence-corrected chi connectivity index (χ1v) is 12.0.